The normalized spacial score (nSPS) is 11.0. The second kappa shape index (κ2) is 8.61. The predicted octanol–water partition coefficient (Wildman–Crippen LogP) is 2.82. The summed E-state index contributed by atoms with van der Waals surface area (Å²) in [6.45, 7) is 7.80. The average molecular weight is 280 g/mol. The summed E-state index contributed by atoms with van der Waals surface area (Å²) in [5.41, 5.74) is 6.70. The number of aromatic nitrogens is 2. The summed E-state index contributed by atoms with van der Waals surface area (Å²) < 4.78 is 1.63. The molecule has 0 radical (unpaired) electrons. The molecular formula is C15H28N4O. The van der Waals surface area contributed by atoms with Gasteiger partial charge in [-0.1, -0.05) is 39.5 Å². The fraction of sp³-hybridized carbons (Fsp3) is 0.733. The molecule has 1 amide bonds. The Morgan fingerprint density at radius 3 is 2.70 bits per heavy atom. The van der Waals surface area contributed by atoms with Gasteiger partial charge < -0.3 is 11.1 Å². The molecule has 3 N–H and O–H groups in total. The van der Waals surface area contributed by atoms with Gasteiger partial charge in [0.05, 0.1) is 11.9 Å². The van der Waals surface area contributed by atoms with Crippen molar-refractivity contribution in [3.8, 4) is 0 Å². The van der Waals surface area contributed by atoms with Gasteiger partial charge in [-0.05, 0) is 19.3 Å². The molecule has 1 rings (SSSR count). The van der Waals surface area contributed by atoms with Crippen LogP contribution in [-0.2, 0) is 6.54 Å². The Morgan fingerprint density at radius 2 is 2.05 bits per heavy atom. The minimum atomic E-state index is -0.121. The first-order chi connectivity index (χ1) is 9.56. The lowest BCUT2D eigenvalue weighted by Gasteiger charge is -2.08. The van der Waals surface area contributed by atoms with E-state index in [0.29, 0.717) is 24.5 Å². The number of nitrogens with one attached hydrogen (secondary N) is 1. The smallest absolute Gasteiger partial charge is 0.271 e. The summed E-state index contributed by atoms with van der Waals surface area (Å²) in [4.78, 5) is 12.0. The van der Waals surface area contributed by atoms with Crippen molar-refractivity contribution < 1.29 is 4.79 Å². The van der Waals surface area contributed by atoms with Crippen molar-refractivity contribution >= 4 is 11.6 Å². The van der Waals surface area contributed by atoms with Gasteiger partial charge in [-0.2, -0.15) is 5.10 Å². The number of anilines is 1. The topological polar surface area (TPSA) is 72.9 Å². The number of nitrogens with two attached hydrogens (primary N) is 1. The van der Waals surface area contributed by atoms with E-state index in [1.165, 1.54) is 25.5 Å². The minimum Gasteiger partial charge on any atom is -0.396 e. The Morgan fingerprint density at radius 1 is 1.35 bits per heavy atom. The minimum absolute atomic E-state index is 0.121. The lowest BCUT2D eigenvalue weighted by Crippen LogP contribution is -2.27. The molecule has 0 spiro atoms. The lowest BCUT2D eigenvalue weighted by molar-refractivity contribution is 0.0943. The Bertz CT molecular complexity index is 412. The van der Waals surface area contributed by atoms with Crippen LogP contribution in [0.1, 0.15) is 63.4 Å². The molecule has 0 unspecified atom stereocenters. The van der Waals surface area contributed by atoms with Gasteiger partial charge in [0.15, 0.2) is 0 Å². The average Bonchev–Trinajstić information content (AvgIpc) is 2.78. The van der Waals surface area contributed by atoms with E-state index in [9.17, 15) is 4.79 Å². The molecule has 1 aromatic rings. The maximum absolute atomic E-state index is 12.0. The van der Waals surface area contributed by atoms with Crippen LogP contribution in [-0.4, -0.2) is 22.2 Å². The van der Waals surface area contributed by atoms with Gasteiger partial charge in [0.25, 0.3) is 5.91 Å². The van der Waals surface area contributed by atoms with Crippen molar-refractivity contribution in [2.24, 2.45) is 5.92 Å². The van der Waals surface area contributed by atoms with Crippen molar-refractivity contribution in [2.75, 3.05) is 12.3 Å². The molecule has 5 heteroatoms. The van der Waals surface area contributed by atoms with Crippen LogP contribution in [0.4, 0.5) is 5.69 Å². The molecule has 0 atom stereocenters. The van der Waals surface area contributed by atoms with Crippen LogP contribution in [0.5, 0.6) is 0 Å². The Hall–Kier alpha value is -1.52. The SMILES string of the molecule is CCn1ncc(N)c1C(=O)NCCCCCCC(C)C. The zero-order valence-electron chi connectivity index (χ0n) is 13.0. The molecular weight excluding hydrogens is 252 g/mol. The van der Waals surface area contributed by atoms with Crippen LogP contribution in [0.25, 0.3) is 0 Å². The standard InChI is InChI=1S/C15H28N4O/c1-4-19-14(13(16)11-18-19)15(20)17-10-8-6-5-7-9-12(2)3/h11-12H,4-10,16H2,1-3H3,(H,17,20). The molecule has 114 valence electrons. The zero-order chi connectivity index (χ0) is 15.0. The zero-order valence-corrected chi connectivity index (χ0v) is 13.0. The van der Waals surface area contributed by atoms with Gasteiger partial charge >= 0.3 is 0 Å². The van der Waals surface area contributed by atoms with Crippen molar-refractivity contribution in [1.82, 2.24) is 15.1 Å². The fourth-order valence-electron chi connectivity index (χ4n) is 2.20. The van der Waals surface area contributed by atoms with E-state index in [2.05, 4.69) is 24.3 Å². The number of nitrogen functional groups attached to an aromatic ring is 1. The highest BCUT2D eigenvalue weighted by Crippen LogP contribution is 2.11. The second-order valence-electron chi connectivity index (χ2n) is 5.62. The molecule has 0 bridgehead atoms. The summed E-state index contributed by atoms with van der Waals surface area (Å²) >= 11 is 0. The quantitative estimate of drug-likeness (QED) is 0.683. The number of unbranched alkanes of at least 4 members (excludes halogenated alkanes) is 3. The van der Waals surface area contributed by atoms with E-state index < -0.39 is 0 Å². The molecule has 0 aromatic carbocycles. The molecule has 0 fully saturated rings. The summed E-state index contributed by atoms with van der Waals surface area (Å²) in [6, 6.07) is 0. The molecule has 0 aliphatic carbocycles. The van der Waals surface area contributed by atoms with Crippen molar-refractivity contribution in [3.05, 3.63) is 11.9 Å². The molecule has 1 heterocycles. The molecule has 1 aromatic heterocycles. The number of nitrogens with zero attached hydrogens (tertiary/aromatic N) is 2. The van der Waals surface area contributed by atoms with E-state index in [1.54, 1.807) is 4.68 Å². The van der Waals surface area contributed by atoms with Crippen LogP contribution >= 0.6 is 0 Å². The maximum atomic E-state index is 12.0. The number of aryl methyl sites for hydroxylation is 1. The Kier molecular flexibility index (Phi) is 7.12. The third-order valence-corrected chi connectivity index (χ3v) is 3.38. The summed E-state index contributed by atoms with van der Waals surface area (Å²) in [5.74, 6) is 0.663. The van der Waals surface area contributed by atoms with E-state index in [4.69, 9.17) is 5.73 Å². The number of hydrogen-bond donors (Lipinski definition) is 2. The third kappa shape index (κ3) is 5.23. The first-order valence-corrected chi connectivity index (χ1v) is 7.65. The molecule has 5 nitrogen and oxygen atoms in total. The van der Waals surface area contributed by atoms with Crippen LogP contribution in [0.15, 0.2) is 6.20 Å². The molecule has 0 saturated carbocycles. The maximum Gasteiger partial charge on any atom is 0.271 e. The van der Waals surface area contributed by atoms with Gasteiger partial charge in [-0.25, -0.2) is 0 Å². The van der Waals surface area contributed by atoms with Crippen LogP contribution in [0, 0.1) is 5.92 Å². The molecule has 0 aliphatic rings. The monoisotopic (exact) mass is 280 g/mol. The largest absolute Gasteiger partial charge is 0.396 e. The first-order valence-electron chi connectivity index (χ1n) is 7.65. The molecule has 0 saturated heterocycles. The summed E-state index contributed by atoms with van der Waals surface area (Å²) in [7, 11) is 0. The van der Waals surface area contributed by atoms with E-state index >= 15 is 0 Å². The number of carbonyl (C=O) groups is 1. The van der Waals surface area contributed by atoms with Crippen molar-refractivity contribution in [1.29, 1.82) is 0 Å². The highest BCUT2D eigenvalue weighted by molar-refractivity contribution is 5.97. The van der Waals surface area contributed by atoms with Gasteiger partial charge in [-0.3, -0.25) is 9.48 Å². The Balaban J connectivity index is 2.22. The second-order valence-corrected chi connectivity index (χ2v) is 5.62. The number of rotatable bonds is 9. The third-order valence-electron chi connectivity index (χ3n) is 3.38. The summed E-state index contributed by atoms with van der Waals surface area (Å²) in [6.07, 6.45) is 7.52. The highest BCUT2D eigenvalue weighted by Gasteiger charge is 2.15. The van der Waals surface area contributed by atoms with Crippen LogP contribution in [0.2, 0.25) is 0 Å². The highest BCUT2D eigenvalue weighted by atomic mass is 16.2. The van der Waals surface area contributed by atoms with Gasteiger partial charge in [0.1, 0.15) is 5.69 Å². The van der Waals surface area contributed by atoms with Gasteiger partial charge in [-0.15, -0.1) is 0 Å². The first kappa shape index (κ1) is 16.5. The van der Waals surface area contributed by atoms with Gasteiger partial charge in [0.2, 0.25) is 0 Å². The number of carbonyl (C=O) groups excluding carboxylic acids is 1. The number of amides is 1. The Labute approximate surface area is 121 Å². The fourth-order valence-corrected chi connectivity index (χ4v) is 2.20. The number of hydrogen-bond acceptors (Lipinski definition) is 3. The molecule has 0 aliphatic heterocycles. The summed E-state index contributed by atoms with van der Waals surface area (Å²) in [5, 5.41) is 6.99. The predicted molar refractivity (Wildman–Crippen MR) is 82.6 cm³/mol. The van der Waals surface area contributed by atoms with E-state index in [1.807, 2.05) is 6.92 Å². The van der Waals surface area contributed by atoms with E-state index in [0.717, 1.165) is 18.8 Å². The van der Waals surface area contributed by atoms with Crippen LogP contribution < -0.4 is 11.1 Å². The van der Waals surface area contributed by atoms with Crippen LogP contribution in [0.3, 0.4) is 0 Å². The van der Waals surface area contributed by atoms with E-state index in [-0.39, 0.29) is 5.91 Å². The lowest BCUT2D eigenvalue weighted by atomic mass is 10.0. The van der Waals surface area contributed by atoms with Crippen molar-refractivity contribution in [3.63, 3.8) is 0 Å². The van der Waals surface area contributed by atoms with Crippen molar-refractivity contribution in [2.45, 2.75) is 59.4 Å². The van der Waals surface area contributed by atoms with Gasteiger partial charge in [0, 0.05) is 13.1 Å². The molecule has 20 heavy (non-hydrogen) atoms.